The van der Waals surface area contributed by atoms with Gasteiger partial charge in [-0.25, -0.2) is 0 Å². The Kier molecular flexibility index (Phi) is 4.72. The van der Waals surface area contributed by atoms with Crippen molar-refractivity contribution in [2.45, 2.75) is 6.42 Å². The molecule has 98 valence electrons. The Morgan fingerprint density at radius 1 is 1.39 bits per heavy atom. The lowest BCUT2D eigenvalue weighted by atomic mass is 10.3. The van der Waals surface area contributed by atoms with Crippen LogP contribution in [0.3, 0.4) is 0 Å². The molecule has 1 aliphatic heterocycles. The van der Waals surface area contributed by atoms with Crippen LogP contribution >= 0.6 is 11.3 Å². The summed E-state index contributed by atoms with van der Waals surface area (Å²) in [6, 6.07) is 1.77. The minimum atomic E-state index is -0.119. The predicted octanol–water partition coefficient (Wildman–Crippen LogP) is 0.727. The number of hydrogen-bond acceptors (Lipinski definition) is 4. The van der Waals surface area contributed by atoms with Gasteiger partial charge in [0.1, 0.15) is 0 Å². The molecule has 0 unspecified atom stereocenters. The molecular weight excluding hydrogens is 252 g/mol. The third-order valence-corrected chi connectivity index (χ3v) is 3.45. The fourth-order valence-corrected chi connectivity index (χ4v) is 2.39. The van der Waals surface area contributed by atoms with Gasteiger partial charge < -0.3 is 15.0 Å². The van der Waals surface area contributed by atoms with Crippen LogP contribution in [0.4, 0.5) is 0 Å². The van der Waals surface area contributed by atoms with E-state index in [1.807, 2.05) is 5.38 Å². The topological polar surface area (TPSA) is 58.6 Å². The van der Waals surface area contributed by atoms with Crippen LogP contribution < -0.4 is 5.32 Å². The number of carbonyl (C=O) groups excluding carboxylic acids is 2. The first-order chi connectivity index (χ1) is 8.77. The zero-order chi connectivity index (χ0) is 12.8. The number of amides is 2. The normalized spacial score (nSPS) is 15.4. The molecule has 1 N–H and O–H groups in total. The van der Waals surface area contributed by atoms with Gasteiger partial charge in [0.05, 0.1) is 13.2 Å². The number of nitrogens with one attached hydrogen (secondary N) is 1. The zero-order valence-corrected chi connectivity index (χ0v) is 10.9. The number of hydrogen-bond donors (Lipinski definition) is 1. The van der Waals surface area contributed by atoms with Crippen molar-refractivity contribution in [1.29, 1.82) is 0 Å². The van der Waals surface area contributed by atoms with E-state index in [0.717, 1.165) is 0 Å². The summed E-state index contributed by atoms with van der Waals surface area (Å²) < 4.78 is 5.18. The lowest BCUT2D eigenvalue weighted by Crippen LogP contribution is -2.42. The molecule has 1 fully saturated rings. The number of rotatable bonds is 4. The molecule has 0 saturated carbocycles. The first-order valence-corrected chi connectivity index (χ1v) is 6.87. The second kappa shape index (κ2) is 6.51. The molecule has 18 heavy (non-hydrogen) atoms. The van der Waals surface area contributed by atoms with E-state index in [0.29, 0.717) is 44.8 Å². The Morgan fingerprint density at radius 3 is 2.83 bits per heavy atom. The van der Waals surface area contributed by atoms with Gasteiger partial charge in [-0.15, -0.1) is 0 Å². The van der Waals surface area contributed by atoms with Crippen LogP contribution in [0.15, 0.2) is 16.8 Å². The van der Waals surface area contributed by atoms with Crippen molar-refractivity contribution < 1.29 is 14.3 Å². The minimum Gasteiger partial charge on any atom is -0.378 e. The monoisotopic (exact) mass is 268 g/mol. The van der Waals surface area contributed by atoms with Crippen LogP contribution in [0.5, 0.6) is 0 Å². The average Bonchev–Trinajstić information content (AvgIpc) is 2.93. The summed E-state index contributed by atoms with van der Waals surface area (Å²) in [4.78, 5) is 25.2. The number of nitrogens with zero attached hydrogens (tertiary/aromatic N) is 1. The highest BCUT2D eigenvalue weighted by molar-refractivity contribution is 7.08. The summed E-state index contributed by atoms with van der Waals surface area (Å²) >= 11 is 1.48. The fourth-order valence-electron chi connectivity index (χ4n) is 1.75. The van der Waals surface area contributed by atoms with Gasteiger partial charge in [0.2, 0.25) is 5.91 Å². The van der Waals surface area contributed by atoms with Gasteiger partial charge in [-0.1, -0.05) is 0 Å². The molecule has 1 saturated heterocycles. The van der Waals surface area contributed by atoms with Gasteiger partial charge in [-0.3, -0.25) is 9.59 Å². The highest BCUT2D eigenvalue weighted by Crippen LogP contribution is 2.05. The third-order valence-electron chi connectivity index (χ3n) is 2.77. The fraction of sp³-hybridized carbons (Fsp3) is 0.500. The van der Waals surface area contributed by atoms with E-state index in [1.165, 1.54) is 11.3 Å². The highest BCUT2D eigenvalue weighted by Gasteiger charge is 2.16. The van der Waals surface area contributed by atoms with Crippen molar-refractivity contribution in [3.8, 4) is 0 Å². The Balaban J connectivity index is 1.68. The number of ether oxygens (including phenoxy) is 1. The molecule has 0 aromatic carbocycles. The molecule has 2 amide bonds. The first kappa shape index (κ1) is 13.0. The number of thiophene rings is 1. The standard InChI is InChI=1S/C12H16N2O3S/c15-11(14-4-6-17-7-5-14)1-3-13-12(16)10-2-8-18-9-10/h2,8-9H,1,3-7H2,(H,13,16). The molecule has 5 nitrogen and oxygen atoms in total. The molecule has 6 heteroatoms. The van der Waals surface area contributed by atoms with E-state index < -0.39 is 0 Å². The molecule has 2 heterocycles. The third kappa shape index (κ3) is 3.54. The lowest BCUT2D eigenvalue weighted by Gasteiger charge is -2.26. The van der Waals surface area contributed by atoms with E-state index >= 15 is 0 Å². The van der Waals surface area contributed by atoms with E-state index in [9.17, 15) is 9.59 Å². The van der Waals surface area contributed by atoms with Crippen LogP contribution in [0.2, 0.25) is 0 Å². The molecule has 0 spiro atoms. The summed E-state index contributed by atoms with van der Waals surface area (Å²) in [5.41, 5.74) is 0.652. The maximum Gasteiger partial charge on any atom is 0.252 e. The highest BCUT2D eigenvalue weighted by atomic mass is 32.1. The number of carbonyl (C=O) groups is 2. The van der Waals surface area contributed by atoms with E-state index in [4.69, 9.17) is 4.74 Å². The van der Waals surface area contributed by atoms with Crippen LogP contribution in [-0.2, 0) is 9.53 Å². The molecule has 0 aliphatic carbocycles. The summed E-state index contributed by atoms with van der Waals surface area (Å²) in [6.07, 6.45) is 0.343. The van der Waals surface area contributed by atoms with Gasteiger partial charge >= 0.3 is 0 Å². The summed E-state index contributed by atoms with van der Waals surface area (Å²) in [7, 11) is 0. The molecular formula is C12H16N2O3S. The zero-order valence-electron chi connectivity index (χ0n) is 10.1. The van der Waals surface area contributed by atoms with Gasteiger partial charge in [-0.2, -0.15) is 11.3 Å². The van der Waals surface area contributed by atoms with Crippen LogP contribution in [0.1, 0.15) is 16.8 Å². The summed E-state index contributed by atoms with van der Waals surface area (Å²) in [5.74, 6) is -0.0463. The van der Waals surface area contributed by atoms with Crippen molar-refractivity contribution in [3.05, 3.63) is 22.4 Å². The quantitative estimate of drug-likeness (QED) is 0.875. The second-order valence-corrected chi connectivity index (χ2v) is 4.79. The Hall–Kier alpha value is -1.40. The molecule has 1 aromatic rings. The summed E-state index contributed by atoms with van der Waals surface area (Å²) in [5, 5.41) is 6.39. The van der Waals surface area contributed by atoms with Crippen molar-refractivity contribution in [2.24, 2.45) is 0 Å². The van der Waals surface area contributed by atoms with Gasteiger partial charge in [0.15, 0.2) is 0 Å². The first-order valence-electron chi connectivity index (χ1n) is 5.93. The molecule has 0 atom stereocenters. The Labute approximate surface area is 110 Å². The Bertz CT molecular complexity index is 399. The maximum absolute atomic E-state index is 11.8. The second-order valence-electron chi connectivity index (χ2n) is 4.01. The average molecular weight is 268 g/mol. The summed E-state index contributed by atoms with van der Waals surface area (Å²) in [6.45, 7) is 2.89. The molecule has 0 radical (unpaired) electrons. The SMILES string of the molecule is O=C(NCCC(=O)N1CCOCC1)c1ccsc1. The van der Waals surface area contributed by atoms with E-state index in [-0.39, 0.29) is 11.8 Å². The van der Waals surface area contributed by atoms with Gasteiger partial charge in [0, 0.05) is 37.0 Å². The van der Waals surface area contributed by atoms with Gasteiger partial charge in [-0.05, 0) is 11.4 Å². The molecule has 1 aromatic heterocycles. The van der Waals surface area contributed by atoms with E-state index in [1.54, 1.807) is 16.3 Å². The smallest absolute Gasteiger partial charge is 0.252 e. The molecule has 2 rings (SSSR count). The maximum atomic E-state index is 11.8. The van der Waals surface area contributed by atoms with Crippen molar-refractivity contribution >= 4 is 23.2 Å². The van der Waals surface area contributed by atoms with Crippen LogP contribution in [-0.4, -0.2) is 49.6 Å². The van der Waals surface area contributed by atoms with Crippen LogP contribution in [0, 0.1) is 0 Å². The van der Waals surface area contributed by atoms with E-state index in [2.05, 4.69) is 5.32 Å². The Morgan fingerprint density at radius 2 is 2.17 bits per heavy atom. The van der Waals surface area contributed by atoms with Crippen LogP contribution in [0.25, 0.3) is 0 Å². The predicted molar refractivity (Wildman–Crippen MR) is 68.7 cm³/mol. The van der Waals surface area contributed by atoms with Crippen molar-refractivity contribution in [3.63, 3.8) is 0 Å². The lowest BCUT2D eigenvalue weighted by molar-refractivity contribution is -0.135. The molecule has 0 bridgehead atoms. The molecule has 1 aliphatic rings. The van der Waals surface area contributed by atoms with Crippen molar-refractivity contribution in [2.75, 3.05) is 32.8 Å². The largest absolute Gasteiger partial charge is 0.378 e. The van der Waals surface area contributed by atoms with Gasteiger partial charge in [0.25, 0.3) is 5.91 Å². The number of morpholine rings is 1. The minimum absolute atomic E-state index is 0.0731. The van der Waals surface area contributed by atoms with Crippen molar-refractivity contribution in [1.82, 2.24) is 10.2 Å².